The van der Waals surface area contributed by atoms with Crippen LogP contribution in [-0.2, 0) is 13.2 Å². The van der Waals surface area contributed by atoms with Crippen LogP contribution in [0.25, 0.3) is 0 Å². The molecule has 0 aliphatic carbocycles. The minimum atomic E-state index is -0.259. The van der Waals surface area contributed by atoms with Gasteiger partial charge in [-0.2, -0.15) is 5.10 Å². The topological polar surface area (TPSA) is 53.1 Å². The molecule has 0 spiro atoms. The van der Waals surface area contributed by atoms with Gasteiger partial charge in [-0.25, -0.2) is 4.39 Å². The Hall–Kier alpha value is -1.88. The zero-order valence-corrected chi connectivity index (χ0v) is 9.34. The lowest BCUT2D eigenvalue weighted by Crippen LogP contribution is -2.09. The fourth-order valence-electron chi connectivity index (χ4n) is 1.47. The fourth-order valence-corrected chi connectivity index (χ4v) is 1.47. The minimum Gasteiger partial charge on any atom is -0.486 e. The number of rotatable bonds is 5. The Morgan fingerprint density at radius 1 is 1.41 bits per heavy atom. The molecule has 0 fully saturated rings. The molecule has 1 aromatic heterocycles. The van der Waals surface area contributed by atoms with Gasteiger partial charge in [0.05, 0.1) is 18.9 Å². The van der Waals surface area contributed by atoms with Gasteiger partial charge in [0.15, 0.2) is 5.75 Å². The minimum absolute atomic E-state index is 0.259. The van der Waals surface area contributed by atoms with Crippen LogP contribution in [0.5, 0.6) is 5.75 Å². The molecule has 0 aliphatic rings. The molecule has 5 heteroatoms. The lowest BCUT2D eigenvalue weighted by molar-refractivity contribution is 0.305. The first-order valence-electron chi connectivity index (χ1n) is 5.37. The summed E-state index contributed by atoms with van der Waals surface area (Å²) in [6.45, 7) is 1.51. The highest BCUT2D eigenvalue weighted by molar-refractivity contribution is 5.17. The SMILES string of the molecule is NCCn1cc(OCc2cccc(F)c2)cn1. The van der Waals surface area contributed by atoms with E-state index < -0.39 is 0 Å². The molecule has 4 nitrogen and oxygen atoms in total. The summed E-state index contributed by atoms with van der Waals surface area (Å²) in [4.78, 5) is 0. The number of nitrogens with two attached hydrogens (primary N) is 1. The van der Waals surface area contributed by atoms with Gasteiger partial charge in [0.25, 0.3) is 0 Å². The van der Waals surface area contributed by atoms with E-state index in [2.05, 4.69) is 5.10 Å². The van der Waals surface area contributed by atoms with Crippen LogP contribution in [0.3, 0.4) is 0 Å². The van der Waals surface area contributed by atoms with Crippen LogP contribution in [0.1, 0.15) is 5.56 Å². The van der Waals surface area contributed by atoms with Crippen molar-refractivity contribution in [2.45, 2.75) is 13.2 Å². The monoisotopic (exact) mass is 235 g/mol. The van der Waals surface area contributed by atoms with Crippen molar-refractivity contribution in [2.24, 2.45) is 5.73 Å². The molecular formula is C12H14FN3O. The lowest BCUT2D eigenvalue weighted by atomic mass is 10.2. The van der Waals surface area contributed by atoms with Crippen molar-refractivity contribution < 1.29 is 9.13 Å². The van der Waals surface area contributed by atoms with Gasteiger partial charge >= 0.3 is 0 Å². The normalized spacial score (nSPS) is 10.5. The highest BCUT2D eigenvalue weighted by Crippen LogP contribution is 2.11. The average Bonchev–Trinajstić information content (AvgIpc) is 2.75. The summed E-state index contributed by atoms with van der Waals surface area (Å²) in [7, 11) is 0. The van der Waals surface area contributed by atoms with Crippen molar-refractivity contribution in [3.05, 3.63) is 48.0 Å². The molecule has 1 aromatic carbocycles. The first-order chi connectivity index (χ1) is 8.28. The second-order valence-corrected chi connectivity index (χ2v) is 3.65. The van der Waals surface area contributed by atoms with Crippen LogP contribution in [-0.4, -0.2) is 16.3 Å². The van der Waals surface area contributed by atoms with E-state index in [1.54, 1.807) is 23.1 Å². The maximum atomic E-state index is 12.9. The highest BCUT2D eigenvalue weighted by atomic mass is 19.1. The van der Waals surface area contributed by atoms with E-state index in [4.69, 9.17) is 10.5 Å². The van der Waals surface area contributed by atoms with Crippen LogP contribution in [0.4, 0.5) is 4.39 Å². The predicted molar refractivity (Wildman–Crippen MR) is 62.0 cm³/mol. The largest absolute Gasteiger partial charge is 0.486 e. The number of aromatic nitrogens is 2. The number of hydrogen-bond acceptors (Lipinski definition) is 3. The zero-order chi connectivity index (χ0) is 12.1. The first kappa shape index (κ1) is 11.6. The maximum absolute atomic E-state index is 12.9. The fraction of sp³-hybridized carbons (Fsp3) is 0.250. The molecule has 0 bridgehead atoms. The molecule has 0 amide bonds. The van der Waals surface area contributed by atoms with E-state index in [0.29, 0.717) is 25.4 Å². The van der Waals surface area contributed by atoms with E-state index in [9.17, 15) is 4.39 Å². The second kappa shape index (κ2) is 5.45. The Balaban J connectivity index is 1.93. The maximum Gasteiger partial charge on any atom is 0.157 e. The second-order valence-electron chi connectivity index (χ2n) is 3.65. The summed E-state index contributed by atoms with van der Waals surface area (Å²) < 4.78 is 20.1. The number of ether oxygens (including phenoxy) is 1. The Morgan fingerprint density at radius 2 is 2.29 bits per heavy atom. The molecule has 17 heavy (non-hydrogen) atoms. The van der Waals surface area contributed by atoms with Gasteiger partial charge < -0.3 is 10.5 Å². The van der Waals surface area contributed by atoms with Gasteiger partial charge in [0.1, 0.15) is 12.4 Å². The van der Waals surface area contributed by atoms with Crippen LogP contribution < -0.4 is 10.5 Å². The number of nitrogens with zero attached hydrogens (tertiary/aromatic N) is 2. The zero-order valence-electron chi connectivity index (χ0n) is 9.34. The van der Waals surface area contributed by atoms with E-state index in [1.807, 2.05) is 6.07 Å². The van der Waals surface area contributed by atoms with Crippen molar-refractivity contribution in [2.75, 3.05) is 6.54 Å². The molecule has 2 aromatic rings. The van der Waals surface area contributed by atoms with E-state index in [0.717, 1.165) is 5.56 Å². The van der Waals surface area contributed by atoms with Gasteiger partial charge in [0, 0.05) is 6.54 Å². The third kappa shape index (κ3) is 3.29. The lowest BCUT2D eigenvalue weighted by Gasteiger charge is -2.03. The number of benzene rings is 1. The smallest absolute Gasteiger partial charge is 0.157 e. The molecule has 1 heterocycles. The molecule has 0 radical (unpaired) electrons. The van der Waals surface area contributed by atoms with Crippen molar-refractivity contribution in [1.29, 1.82) is 0 Å². The van der Waals surface area contributed by atoms with Crippen molar-refractivity contribution in [1.82, 2.24) is 9.78 Å². The Morgan fingerprint density at radius 3 is 3.06 bits per heavy atom. The summed E-state index contributed by atoms with van der Waals surface area (Å²) in [5.74, 6) is 0.396. The quantitative estimate of drug-likeness (QED) is 0.855. The van der Waals surface area contributed by atoms with Crippen LogP contribution >= 0.6 is 0 Å². The summed E-state index contributed by atoms with van der Waals surface area (Å²) in [6.07, 6.45) is 3.39. The molecule has 2 N–H and O–H groups in total. The predicted octanol–water partition coefficient (Wildman–Crippen LogP) is 1.56. The van der Waals surface area contributed by atoms with Gasteiger partial charge in [-0.3, -0.25) is 4.68 Å². The third-order valence-corrected chi connectivity index (χ3v) is 2.26. The van der Waals surface area contributed by atoms with Gasteiger partial charge in [-0.05, 0) is 17.7 Å². The molecule has 2 rings (SSSR count). The summed E-state index contributed by atoms with van der Waals surface area (Å²) >= 11 is 0. The van der Waals surface area contributed by atoms with Gasteiger partial charge in [0.2, 0.25) is 0 Å². The van der Waals surface area contributed by atoms with Crippen molar-refractivity contribution >= 4 is 0 Å². The highest BCUT2D eigenvalue weighted by Gasteiger charge is 2.00. The van der Waals surface area contributed by atoms with Gasteiger partial charge in [-0.15, -0.1) is 0 Å². The summed E-state index contributed by atoms with van der Waals surface area (Å²) in [5, 5.41) is 4.07. The molecule has 90 valence electrons. The Bertz CT molecular complexity index is 484. The van der Waals surface area contributed by atoms with E-state index in [1.165, 1.54) is 12.1 Å². The molecular weight excluding hydrogens is 221 g/mol. The van der Waals surface area contributed by atoms with Crippen molar-refractivity contribution in [3.63, 3.8) is 0 Å². The van der Waals surface area contributed by atoms with Crippen molar-refractivity contribution in [3.8, 4) is 5.75 Å². The van der Waals surface area contributed by atoms with Crippen LogP contribution in [0.15, 0.2) is 36.7 Å². The third-order valence-electron chi connectivity index (χ3n) is 2.26. The molecule has 0 saturated carbocycles. The molecule has 0 atom stereocenters. The summed E-state index contributed by atoms with van der Waals surface area (Å²) in [5.41, 5.74) is 6.20. The Labute approximate surface area is 98.8 Å². The summed E-state index contributed by atoms with van der Waals surface area (Å²) in [6, 6.07) is 6.33. The molecule has 0 aliphatic heterocycles. The number of hydrogen-bond donors (Lipinski definition) is 1. The molecule has 0 unspecified atom stereocenters. The van der Waals surface area contributed by atoms with Gasteiger partial charge in [-0.1, -0.05) is 12.1 Å². The molecule has 0 saturated heterocycles. The average molecular weight is 235 g/mol. The number of halogens is 1. The standard InChI is InChI=1S/C12H14FN3O/c13-11-3-1-2-10(6-11)9-17-12-7-15-16(8-12)5-4-14/h1-3,6-8H,4-5,9,14H2. The van der Waals surface area contributed by atoms with Crippen LogP contribution in [0, 0.1) is 5.82 Å². The van der Waals surface area contributed by atoms with E-state index in [-0.39, 0.29) is 5.82 Å². The first-order valence-corrected chi connectivity index (χ1v) is 5.37. The van der Waals surface area contributed by atoms with E-state index >= 15 is 0 Å². The Kier molecular flexibility index (Phi) is 3.72. The van der Waals surface area contributed by atoms with Crippen LogP contribution in [0.2, 0.25) is 0 Å².